The predicted molar refractivity (Wildman–Crippen MR) is 105 cm³/mol. The summed E-state index contributed by atoms with van der Waals surface area (Å²) < 4.78 is 15.9. The van der Waals surface area contributed by atoms with Crippen molar-refractivity contribution in [2.45, 2.75) is 50.2 Å². The van der Waals surface area contributed by atoms with Gasteiger partial charge in [-0.1, -0.05) is 0 Å². The van der Waals surface area contributed by atoms with E-state index >= 15 is 0 Å². The minimum atomic E-state index is -1.45. The number of aliphatic hydroxyl groups is 3. The van der Waals surface area contributed by atoms with E-state index in [1.807, 2.05) is 0 Å². The van der Waals surface area contributed by atoms with Crippen LogP contribution in [0.3, 0.4) is 0 Å². The number of aromatic nitrogens is 2. The second-order valence-electron chi connectivity index (χ2n) is 6.89. The van der Waals surface area contributed by atoms with Crippen LogP contribution in [0.5, 0.6) is 0 Å². The van der Waals surface area contributed by atoms with Gasteiger partial charge in [0.1, 0.15) is 24.1 Å². The molecule has 0 aromatic carbocycles. The first-order chi connectivity index (χ1) is 15.2. The molecule has 2 amide bonds. The van der Waals surface area contributed by atoms with Crippen molar-refractivity contribution in [3.63, 3.8) is 0 Å². The van der Waals surface area contributed by atoms with E-state index in [4.69, 9.17) is 25.1 Å². The van der Waals surface area contributed by atoms with Crippen LogP contribution in [0.2, 0.25) is 0 Å². The molecule has 14 nitrogen and oxygen atoms in total. The molecule has 0 spiro atoms. The molecule has 2 heterocycles. The van der Waals surface area contributed by atoms with E-state index in [2.05, 4.69) is 10.3 Å². The molecule has 0 bridgehead atoms. The average molecular weight is 458 g/mol. The Bertz CT molecular complexity index is 860. The Kier molecular flexibility index (Phi) is 9.67. The summed E-state index contributed by atoms with van der Waals surface area (Å²) in [4.78, 5) is 50.0. The second kappa shape index (κ2) is 12.2. The van der Waals surface area contributed by atoms with Gasteiger partial charge in [0.15, 0.2) is 13.0 Å². The molecule has 4 atom stereocenters. The molecule has 14 heteroatoms. The Balaban J connectivity index is 1.76. The van der Waals surface area contributed by atoms with Crippen LogP contribution >= 0.6 is 0 Å². The summed E-state index contributed by atoms with van der Waals surface area (Å²) in [6.45, 7) is -0.675. The zero-order valence-electron chi connectivity index (χ0n) is 17.1. The minimum absolute atomic E-state index is 0.0888. The Labute approximate surface area is 181 Å². The number of carbonyl (C=O) groups excluding carboxylic acids is 3. The average Bonchev–Trinajstić information content (AvgIpc) is 3.03. The fourth-order valence-corrected chi connectivity index (χ4v) is 2.79. The topological polar surface area (TPSA) is 213 Å². The molecule has 1 aromatic rings. The molecule has 1 aliphatic heterocycles. The van der Waals surface area contributed by atoms with Gasteiger partial charge in [-0.2, -0.15) is 4.98 Å². The van der Waals surface area contributed by atoms with E-state index in [1.165, 1.54) is 12.3 Å². The number of hydrogen-bond donors (Lipinski definition) is 5. The van der Waals surface area contributed by atoms with E-state index in [0.29, 0.717) is 6.42 Å². The summed E-state index contributed by atoms with van der Waals surface area (Å²) in [5.41, 5.74) is 4.10. The largest absolute Gasteiger partial charge is 0.438 e. The highest BCUT2D eigenvalue weighted by molar-refractivity contribution is 5.91. The van der Waals surface area contributed by atoms with E-state index in [0.717, 1.165) is 4.57 Å². The molecule has 1 aliphatic rings. The fraction of sp³-hybridized carbons (Fsp3) is 0.611. The SMILES string of the molecule is NC(=O)CCCOCOC(=O)CCC(=O)Nc1ccn([C@@H]2O[C@H](CO)C(O)[C@@H]2O)c(=O)n1. The number of nitrogens with zero attached hydrogens (tertiary/aromatic N) is 2. The summed E-state index contributed by atoms with van der Waals surface area (Å²) in [6.07, 6.45) is -3.85. The number of ether oxygens (including phenoxy) is 3. The summed E-state index contributed by atoms with van der Waals surface area (Å²) in [7, 11) is 0. The van der Waals surface area contributed by atoms with Crippen molar-refractivity contribution in [1.82, 2.24) is 9.55 Å². The Morgan fingerprint density at radius 1 is 1.22 bits per heavy atom. The van der Waals surface area contributed by atoms with Gasteiger partial charge in [0, 0.05) is 19.0 Å². The summed E-state index contributed by atoms with van der Waals surface area (Å²) in [5.74, 6) is -1.82. The summed E-state index contributed by atoms with van der Waals surface area (Å²) in [6, 6.07) is 1.27. The van der Waals surface area contributed by atoms with Gasteiger partial charge in [-0.05, 0) is 12.5 Å². The maximum Gasteiger partial charge on any atom is 0.351 e. The number of amides is 2. The van der Waals surface area contributed by atoms with Crippen molar-refractivity contribution < 1.29 is 43.9 Å². The lowest BCUT2D eigenvalue weighted by atomic mass is 10.1. The van der Waals surface area contributed by atoms with E-state index < -0.39 is 54.6 Å². The number of nitrogens with one attached hydrogen (secondary N) is 1. The molecule has 32 heavy (non-hydrogen) atoms. The molecule has 0 saturated carbocycles. The number of aliphatic hydroxyl groups excluding tert-OH is 3. The lowest BCUT2D eigenvalue weighted by Gasteiger charge is -2.17. The van der Waals surface area contributed by atoms with Gasteiger partial charge in [0.2, 0.25) is 11.8 Å². The van der Waals surface area contributed by atoms with Crippen LogP contribution in [-0.2, 0) is 28.6 Å². The molecule has 1 aromatic heterocycles. The van der Waals surface area contributed by atoms with Crippen molar-refractivity contribution in [3.05, 3.63) is 22.7 Å². The molecule has 2 rings (SSSR count). The van der Waals surface area contributed by atoms with Gasteiger partial charge in [0.25, 0.3) is 0 Å². The molecule has 1 saturated heterocycles. The minimum Gasteiger partial charge on any atom is -0.438 e. The predicted octanol–water partition coefficient (Wildman–Crippen LogP) is -2.64. The smallest absolute Gasteiger partial charge is 0.351 e. The fourth-order valence-electron chi connectivity index (χ4n) is 2.79. The normalized spacial score (nSPS) is 22.5. The monoisotopic (exact) mass is 458 g/mol. The Morgan fingerprint density at radius 3 is 2.59 bits per heavy atom. The lowest BCUT2D eigenvalue weighted by Crippen LogP contribution is -2.36. The van der Waals surface area contributed by atoms with Crippen molar-refractivity contribution in [1.29, 1.82) is 0 Å². The molecular weight excluding hydrogens is 432 g/mol. The number of esters is 1. The maximum atomic E-state index is 12.2. The van der Waals surface area contributed by atoms with Crippen LogP contribution in [0.25, 0.3) is 0 Å². The third-order valence-electron chi connectivity index (χ3n) is 4.46. The van der Waals surface area contributed by atoms with Gasteiger partial charge in [-0.15, -0.1) is 0 Å². The van der Waals surface area contributed by atoms with Crippen LogP contribution in [0.15, 0.2) is 17.1 Å². The van der Waals surface area contributed by atoms with Crippen LogP contribution < -0.4 is 16.7 Å². The number of rotatable bonds is 12. The third-order valence-corrected chi connectivity index (χ3v) is 4.46. The summed E-state index contributed by atoms with van der Waals surface area (Å²) in [5, 5.41) is 31.2. The molecular formula is C18H26N4O10. The van der Waals surface area contributed by atoms with E-state index in [1.54, 1.807) is 0 Å². The molecule has 6 N–H and O–H groups in total. The Hall–Kier alpha value is -2.91. The highest BCUT2D eigenvalue weighted by Crippen LogP contribution is 2.28. The number of nitrogens with two attached hydrogens (primary N) is 1. The second-order valence-corrected chi connectivity index (χ2v) is 6.89. The van der Waals surface area contributed by atoms with Crippen molar-refractivity contribution in [2.24, 2.45) is 5.73 Å². The van der Waals surface area contributed by atoms with Crippen molar-refractivity contribution in [3.8, 4) is 0 Å². The number of carbonyl (C=O) groups is 3. The zero-order chi connectivity index (χ0) is 23.7. The van der Waals surface area contributed by atoms with Crippen molar-refractivity contribution >= 4 is 23.6 Å². The van der Waals surface area contributed by atoms with Crippen LogP contribution in [0, 0.1) is 0 Å². The Morgan fingerprint density at radius 2 is 1.97 bits per heavy atom. The van der Waals surface area contributed by atoms with Crippen LogP contribution in [0.1, 0.15) is 31.9 Å². The van der Waals surface area contributed by atoms with E-state index in [9.17, 15) is 29.4 Å². The first-order valence-corrected chi connectivity index (χ1v) is 9.76. The molecule has 1 fully saturated rings. The quantitative estimate of drug-likeness (QED) is 0.124. The number of anilines is 1. The van der Waals surface area contributed by atoms with Crippen molar-refractivity contribution in [2.75, 3.05) is 25.3 Å². The molecule has 1 unspecified atom stereocenters. The third kappa shape index (κ3) is 7.35. The first-order valence-electron chi connectivity index (χ1n) is 9.76. The van der Waals surface area contributed by atoms with Gasteiger partial charge >= 0.3 is 11.7 Å². The van der Waals surface area contributed by atoms with Gasteiger partial charge < -0.3 is 40.6 Å². The number of hydrogen-bond acceptors (Lipinski definition) is 11. The van der Waals surface area contributed by atoms with Gasteiger partial charge in [-0.25, -0.2) is 4.79 Å². The summed E-state index contributed by atoms with van der Waals surface area (Å²) >= 11 is 0. The standard InChI is InChI=1S/C18H26N4O10/c19-11(24)2-1-7-30-9-31-14(26)4-3-13(25)20-12-5-6-22(18(29)21-12)17-16(28)15(27)10(8-23)32-17/h5-6,10,15-17,23,27-28H,1-4,7-9H2,(H2,19,24)(H,20,21,25,29)/t10-,15?,16+,17-/m1/s1. The lowest BCUT2D eigenvalue weighted by molar-refractivity contribution is -0.157. The highest BCUT2D eigenvalue weighted by atomic mass is 16.7. The van der Waals surface area contributed by atoms with Gasteiger partial charge in [0.05, 0.1) is 19.6 Å². The van der Waals surface area contributed by atoms with Gasteiger partial charge in [-0.3, -0.25) is 19.0 Å². The molecule has 178 valence electrons. The number of primary amides is 1. The molecule has 0 aliphatic carbocycles. The zero-order valence-corrected chi connectivity index (χ0v) is 17.1. The maximum absolute atomic E-state index is 12.2. The van der Waals surface area contributed by atoms with Crippen LogP contribution in [0.4, 0.5) is 5.82 Å². The highest BCUT2D eigenvalue weighted by Gasteiger charge is 2.43. The first kappa shape index (κ1) is 25.4. The van der Waals surface area contributed by atoms with E-state index in [-0.39, 0.29) is 38.5 Å². The van der Waals surface area contributed by atoms with Crippen LogP contribution in [-0.4, -0.2) is 81.0 Å². The molecule has 0 radical (unpaired) electrons.